The van der Waals surface area contributed by atoms with Gasteiger partial charge >= 0.3 is 0 Å². The molecule has 79 valence electrons. The first kappa shape index (κ1) is 11.9. The topological polar surface area (TPSA) is 0 Å². The van der Waals surface area contributed by atoms with Crippen molar-refractivity contribution in [3.63, 3.8) is 0 Å². The van der Waals surface area contributed by atoms with Gasteiger partial charge in [0.25, 0.3) is 0 Å². The minimum Gasteiger partial charge on any atom is -0.0891 e. The van der Waals surface area contributed by atoms with Crippen molar-refractivity contribution in [3.05, 3.63) is 41.8 Å². The van der Waals surface area contributed by atoms with Gasteiger partial charge in [0, 0.05) is 6.42 Å². The molecule has 0 aliphatic carbocycles. The Morgan fingerprint density at radius 3 is 2.27 bits per heavy atom. The Morgan fingerprint density at radius 2 is 1.67 bits per heavy atom. The maximum absolute atomic E-state index is 6.80. The lowest BCUT2D eigenvalue weighted by Gasteiger charge is -2.02. The molecule has 0 amide bonds. The summed E-state index contributed by atoms with van der Waals surface area (Å²) in [5.41, 5.74) is 2.85. The summed E-state index contributed by atoms with van der Waals surface area (Å²) in [6.45, 7) is 2.18. The van der Waals surface area contributed by atoms with Gasteiger partial charge in [-0.2, -0.15) is 0 Å². The summed E-state index contributed by atoms with van der Waals surface area (Å²) < 4.78 is 0. The number of hydrogen-bond donors (Lipinski definition) is 0. The normalized spacial score (nSPS) is 9.87. The van der Waals surface area contributed by atoms with Crippen LogP contribution in [0.5, 0.6) is 0 Å². The Balaban J connectivity index is 2.23. The van der Waals surface area contributed by atoms with E-state index in [1.165, 1.54) is 30.4 Å². The molecule has 1 radical (unpaired) electrons. The van der Waals surface area contributed by atoms with E-state index in [0.717, 1.165) is 19.3 Å². The van der Waals surface area contributed by atoms with E-state index >= 15 is 0 Å². The van der Waals surface area contributed by atoms with E-state index in [-0.39, 0.29) is 0 Å². The predicted octanol–water partition coefficient (Wildman–Crippen LogP) is 3.94. The highest BCUT2D eigenvalue weighted by molar-refractivity contribution is 5.22. The van der Waals surface area contributed by atoms with Crippen LogP contribution in [-0.4, -0.2) is 0 Å². The molecule has 15 heavy (non-hydrogen) atoms. The van der Waals surface area contributed by atoms with Gasteiger partial charge in [0.15, 0.2) is 0 Å². The van der Waals surface area contributed by atoms with Crippen molar-refractivity contribution >= 4 is 0 Å². The van der Waals surface area contributed by atoms with Crippen molar-refractivity contribution in [2.24, 2.45) is 0 Å². The molecule has 0 spiro atoms. The molecule has 1 aromatic rings. The molecule has 0 aliphatic rings. The minimum atomic E-state index is 0.814. The average molecular weight is 199 g/mol. The van der Waals surface area contributed by atoms with Gasteiger partial charge in [-0.15, -0.1) is 0 Å². The molecule has 1 aromatic carbocycles. The van der Waals surface area contributed by atoms with Gasteiger partial charge in [-0.1, -0.05) is 43.5 Å². The van der Waals surface area contributed by atoms with Gasteiger partial charge < -0.3 is 0 Å². The summed E-state index contributed by atoms with van der Waals surface area (Å²) in [6, 6.07) is 8.92. The van der Waals surface area contributed by atoms with E-state index < -0.39 is 0 Å². The highest BCUT2D eigenvalue weighted by Crippen LogP contribution is 2.09. The van der Waals surface area contributed by atoms with Crippen LogP contribution >= 0.6 is 0 Å². The van der Waals surface area contributed by atoms with Crippen LogP contribution in [0.4, 0.5) is 0 Å². The van der Waals surface area contributed by atoms with Crippen LogP contribution in [0.2, 0.25) is 0 Å². The monoisotopic (exact) mass is 199 g/mol. The van der Waals surface area contributed by atoms with Crippen LogP contribution in [0.3, 0.4) is 0 Å². The third kappa shape index (κ3) is 4.70. The van der Waals surface area contributed by atoms with Crippen molar-refractivity contribution in [3.8, 4) is 5.92 Å². The fourth-order valence-electron chi connectivity index (χ4n) is 1.66. The van der Waals surface area contributed by atoms with Gasteiger partial charge in [-0.3, -0.25) is 0 Å². The molecule has 0 heterocycles. The maximum Gasteiger partial charge on any atom is 0.00989 e. The summed E-state index contributed by atoms with van der Waals surface area (Å²) in [5, 5.41) is 0. The summed E-state index contributed by atoms with van der Waals surface area (Å²) in [7, 11) is 0. The van der Waals surface area contributed by atoms with Crippen molar-refractivity contribution in [1.29, 1.82) is 0 Å². The molecule has 0 atom stereocenters. The van der Waals surface area contributed by atoms with Crippen LogP contribution in [-0.2, 0) is 12.8 Å². The number of hydrogen-bond acceptors (Lipinski definition) is 0. The highest BCUT2D eigenvalue weighted by Gasteiger charge is 1.94. The molecule has 0 aromatic heterocycles. The first-order chi connectivity index (χ1) is 7.36. The molecular weight excluding hydrogens is 180 g/mol. The molecule has 0 saturated carbocycles. The summed E-state index contributed by atoms with van der Waals surface area (Å²) in [5.74, 6) is 2.43. The summed E-state index contributed by atoms with van der Waals surface area (Å²) in [4.78, 5) is 0. The standard InChI is InChI=1S/C15H19/c1-3-5-6-7-8-9-15-12-10-14(4-2)11-13-15/h10-13H,4-9H2,2H3. The Morgan fingerprint density at radius 1 is 1.00 bits per heavy atom. The molecule has 0 saturated heterocycles. The maximum atomic E-state index is 6.80. The lowest BCUT2D eigenvalue weighted by Crippen LogP contribution is -1.87. The molecule has 0 aliphatic heterocycles. The van der Waals surface area contributed by atoms with Crippen molar-refractivity contribution in [2.75, 3.05) is 0 Å². The van der Waals surface area contributed by atoms with Crippen molar-refractivity contribution < 1.29 is 0 Å². The van der Waals surface area contributed by atoms with Gasteiger partial charge in [-0.05, 0) is 43.2 Å². The highest BCUT2D eigenvalue weighted by atomic mass is 14.0. The van der Waals surface area contributed by atoms with Crippen LogP contribution in [0.15, 0.2) is 24.3 Å². The molecule has 1 rings (SSSR count). The molecular formula is C15H19. The predicted molar refractivity (Wildman–Crippen MR) is 65.1 cm³/mol. The quantitative estimate of drug-likeness (QED) is 0.481. The van der Waals surface area contributed by atoms with Crippen molar-refractivity contribution in [2.45, 2.75) is 45.4 Å². The zero-order valence-corrected chi connectivity index (χ0v) is 9.55. The Kier molecular flexibility index (Phi) is 5.63. The fraction of sp³-hybridized carbons (Fsp3) is 0.467. The third-order valence-electron chi connectivity index (χ3n) is 2.70. The van der Waals surface area contributed by atoms with Gasteiger partial charge in [-0.25, -0.2) is 0 Å². The zero-order chi connectivity index (χ0) is 10.9. The van der Waals surface area contributed by atoms with E-state index in [2.05, 4.69) is 37.1 Å². The number of rotatable bonds is 6. The molecule has 0 N–H and O–H groups in total. The average Bonchev–Trinajstić information content (AvgIpc) is 2.30. The second kappa shape index (κ2) is 7.12. The minimum absolute atomic E-state index is 0.814. The van der Waals surface area contributed by atoms with E-state index in [9.17, 15) is 0 Å². The smallest absolute Gasteiger partial charge is 0.00989 e. The van der Waals surface area contributed by atoms with Crippen molar-refractivity contribution in [1.82, 2.24) is 0 Å². The van der Waals surface area contributed by atoms with E-state index in [4.69, 9.17) is 6.42 Å². The van der Waals surface area contributed by atoms with E-state index in [0.29, 0.717) is 0 Å². The molecule has 0 heteroatoms. The van der Waals surface area contributed by atoms with Gasteiger partial charge in [0.05, 0.1) is 0 Å². The van der Waals surface area contributed by atoms with Gasteiger partial charge in [0.1, 0.15) is 0 Å². The first-order valence-electron chi connectivity index (χ1n) is 5.84. The Bertz CT molecular complexity index is 300. The lowest BCUT2D eigenvalue weighted by atomic mass is 10.0. The molecule has 0 fully saturated rings. The Labute approximate surface area is 93.7 Å². The third-order valence-corrected chi connectivity index (χ3v) is 2.70. The van der Waals surface area contributed by atoms with Crippen LogP contribution < -0.4 is 0 Å². The molecule has 0 bridgehead atoms. The number of aryl methyl sites for hydroxylation is 2. The summed E-state index contributed by atoms with van der Waals surface area (Å²) in [6.07, 6.45) is 13.4. The number of unbranched alkanes of at least 4 members (excludes halogenated alkanes) is 3. The van der Waals surface area contributed by atoms with Crippen LogP contribution in [0.25, 0.3) is 0 Å². The number of benzene rings is 1. The largest absolute Gasteiger partial charge is 0.0891 e. The zero-order valence-electron chi connectivity index (χ0n) is 9.55. The SMILES string of the molecule is [C]#CCCCCCc1ccc(CC)cc1. The second-order valence-electron chi connectivity index (χ2n) is 3.91. The van der Waals surface area contributed by atoms with E-state index in [1.54, 1.807) is 0 Å². The van der Waals surface area contributed by atoms with Gasteiger partial charge in [0.2, 0.25) is 0 Å². The molecule has 0 unspecified atom stereocenters. The lowest BCUT2D eigenvalue weighted by molar-refractivity contribution is 0.692. The first-order valence-corrected chi connectivity index (χ1v) is 5.84. The fourth-order valence-corrected chi connectivity index (χ4v) is 1.66. The van der Waals surface area contributed by atoms with Crippen LogP contribution in [0.1, 0.15) is 43.7 Å². The molecule has 0 nitrogen and oxygen atoms in total. The van der Waals surface area contributed by atoms with Crippen LogP contribution in [0, 0.1) is 12.3 Å². The Hall–Kier alpha value is -1.22. The summed E-state index contributed by atoms with van der Waals surface area (Å²) >= 11 is 0. The second-order valence-corrected chi connectivity index (χ2v) is 3.91. The van der Waals surface area contributed by atoms with E-state index in [1.807, 2.05) is 0 Å².